The van der Waals surface area contributed by atoms with E-state index in [4.69, 9.17) is 10.5 Å². The maximum Gasteiger partial charge on any atom is 0.339 e. The van der Waals surface area contributed by atoms with E-state index < -0.39 is 18.0 Å². The molecule has 0 saturated heterocycles. The van der Waals surface area contributed by atoms with Gasteiger partial charge in [0, 0.05) is 10.0 Å². The number of hydrogen-bond donors (Lipinski definition) is 1. The average Bonchev–Trinajstić information content (AvgIpc) is 2.59. The number of allylic oxidation sites excluding steroid dienone is 1. The molecule has 0 aliphatic heterocycles. The number of carbonyl (C=O) groups is 2. The van der Waals surface area contributed by atoms with Crippen molar-refractivity contribution >= 4 is 33.9 Å². The van der Waals surface area contributed by atoms with Crippen LogP contribution in [0.25, 0.3) is 6.08 Å². The summed E-state index contributed by atoms with van der Waals surface area (Å²) in [6, 6.07) is 12.3. The van der Waals surface area contributed by atoms with Gasteiger partial charge in [-0.05, 0) is 48.2 Å². The number of aryl methyl sites for hydroxylation is 1. The van der Waals surface area contributed by atoms with Gasteiger partial charge in [0.05, 0.1) is 5.56 Å². The van der Waals surface area contributed by atoms with E-state index in [1.54, 1.807) is 30.3 Å². The first-order chi connectivity index (χ1) is 11.5. The maximum absolute atomic E-state index is 12.4. The minimum absolute atomic E-state index is 0.424. The zero-order chi connectivity index (χ0) is 17.1. The Bertz CT molecular complexity index is 812. The van der Waals surface area contributed by atoms with Crippen molar-refractivity contribution in [3.63, 3.8) is 0 Å². The summed E-state index contributed by atoms with van der Waals surface area (Å²) in [6.45, 7) is 0. The first-order valence-corrected chi connectivity index (χ1v) is 8.39. The highest BCUT2D eigenvalue weighted by atomic mass is 79.9. The summed E-state index contributed by atoms with van der Waals surface area (Å²) in [5.74, 6) is -1.26. The van der Waals surface area contributed by atoms with E-state index >= 15 is 0 Å². The Morgan fingerprint density at radius 2 is 1.88 bits per heavy atom. The lowest BCUT2D eigenvalue weighted by Crippen LogP contribution is -2.26. The smallest absolute Gasteiger partial charge is 0.339 e. The van der Waals surface area contributed by atoms with Crippen molar-refractivity contribution in [3.05, 3.63) is 75.3 Å². The van der Waals surface area contributed by atoms with Crippen LogP contribution in [0.1, 0.15) is 39.6 Å². The SMILES string of the molecule is NC(=O)C(OC(=O)c1ccc2c(c1)CCC=C2)c1ccc(Br)cc1. The minimum atomic E-state index is -1.11. The minimum Gasteiger partial charge on any atom is -0.444 e. The predicted molar refractivity (Wildman–Crippen MR) is 95.3 cm³/mol. The normalized spacial score (nSPS) is 13.9. The quantitative estimate of drug-likeness (QED) is 0.813. The van der Waals surface area contributed by atoms with Crippen molar-refractivity contribution in [2.75, 3.05) is 0 Å². The number of halogens is 1. The molecule has 5 heteroatoms. The second-order valence-corrected chi connectivity index (χ2v) is 6.51. The molecule has 0 bridgehead atoms. The summed E-state index contributed by atoms with van der Waals surface area (Å²) in [4.78, 5) is 24.1. The van der Waals surface area contributed by atoms with Gasteiger partial charge < -0.3 is 10.5 Å². The summed E-state index contributed by atoms with van der Waals surface area (Å²) in [5.41, 5.74) is 8.58. The van der Waals surface area contributed by atoms with Crippen LogP contribution in [0, 0.1) is 0 Å². The topological polar surface area (TPSA) is 69.4 Å². The number of fused-ring (bicyclic) bond motifs is 1. The van der Waals surface area contributed by atoms with Crippen LogP contribution in [0.5, 0.6) is 0 Å². The van der Waals surface area contributed by atoms with Gasteiger partial charge in [0.2, 0.25) is 6.10 Å². The number of esters is 1. The fourth-order valence-corrected chi connectivity index (χ4v) is 2.93. The van der Waals surface area contributed by atoms with Crippen LogP contribution in [0.15, 0.2) is 53.0 Å². The van der Waals surface area contributed by atoms with Gasteiger partial charge in [-0.1, -0.05) is 46.3 Å². The van der Waals surface area contributed by atoms with Crippen LogP contribution < -0.4 is 5.73 Å². The highest BCUT2D eigenvalue weighted by Gasteiger charge is 2.23. The Morgan fingerprint density at radius 3 is 2.58 bits per heavy atom. The summed E-state index contributed by atoms with van der Waals surface area (Å²) in [7, 11) is 0. The van der Waals surface area contributed by atoms with Gasteiger partial charge in [0.25, 0.3) is 5.91 Å². The van der Waals surface area contributed by atoms with Crippen molar-refractivity contribution in [1.82, 2.24) is 0 Å². The average molecular weight is 386 g/mol. The predicted octanol–water partition coefficient (Wildman–Crippen LogP) is 3.79. The number of amides is 1. The van der Waals surface area contributed by atoms with E-state index in [2.05, 4.69) is 22.0 Å². The largest absolute Gasteiger partial charge is 0.444 e. The van der Waals surface area contributed by atoms with E-state index in [-0.39, 0.29) is 0 Å². The third kappa shape index (κ3) is 3.57. The number of benzene rings is 2. The molecule has 0 aromatic heterocycles. The molecule has 3 rings (SSSR count). The van der Waals surface area contributed by atoms with Crippen LogP contribution in [0.3, 0.4) is 0 Å². The van der Waals surface area contributed by atoms with Crippen LogP contribution >= 0.6 is 15.9 Å². The zero-order valence-electron chi connectivity index (χ0n) is 12.9. The van der Waals surface area contributed by atoms with Gasteiger partial charge in [0.1, 0.15) is 0 Å². The number of primary amides is 1. The molecule has 0 spiro atoms. The number of nitrogens with two attached hydrogens (primary N) is 1. The van der Waals surface area contributed by atoms with Crippen LogP contribution in [0.2, 0.25) is 0 Å². The molecular formula is C19H16BrNO3. The van der Waals surface area contributed by atoms with Crippen molar-refractivity contribution in [2.24, 2.45) is 5.73 Å². The Hall–Kier alpha value is -2.40. The highest BCUT2D eigenvalue weighted by Crippen LogP contribution is 2.24. The van der Waals surface area contributed by atoms with Crippen molar-refractivity contribution < 1.29 is 14.3 Å². The molecule has 24 heavy (non-hydrogen) atoms. The molecule has 1 atom stereocenters. The van der Waals surface area contributed by atoms with Crippen LogP contribution in [0.4, 0.5) is 0 Å². The first kappa shape index (κ1) is 16.5. The molecule has 1 unspecified atom stereocenters. The number of ether oxygens (including phenoxy) is 1. The van der Waals surface area contributed by atoms with Crippen molar-refractivity contribution in [1.29, 1.82) is 0 Å². The van der Waals surface area contributed by atoms with Gasteiger partial charge >= 0.3 is 5.97 Å². The molecule has 1 aliphatic carbocycles. The summed E-state index contributed by atoms with van der Waals surface area (Å²) in [5, 5.41) is 0. The third-order valence-corrected chi connectivity index (χ3v) is 4.44. The van der Waals surface area contributed by atoms with Crippen molar-refractivity contribution in [2.45, 2.75) is 18.9 Å². The lowest BCUT2D eigenvalue weighted by molar-refractivity contribution is -0.127. The number of hydrogen-bond acceptors (Lipinski definition) is 3. The second-order valence-electron chi connectivity index (χ2n) is 5.59. The molecule has 0 fully saturated rings. The second kappa shape index (κ2) is 7.01. The van der Waals surface area contributed by atoms with Gasteiger partial charge in [-0.2, -0.15) is 0 Å². The first-order valence-electron chi connectivity index (χ1n) is 7.60. The molecule has 0 heterocycles. The maximum atomic E-state index is 12.4. The molecule has 0 saturated carbocycles. The lowest BCUT2D eigenvalue weighted by Gasteiger charge is -2.16. The molecule has 4 nitrogen and oxygen atoms in total. The van der Waals surface area contributed by atoms with Gasteiger partial charge in [-0.25, -0.2) is 4.79 Å². The third-order valence-electron chi connectivity index (χ3n) is 3.91. The Morgan fingerprint density at radius 1 is 1.12 bits per heavy atom. The van der Waals surface area contributed by atoms with Gasteiger partial charge in [-0.15, -0.1) is 0 Å². The molecule has 122 valence electrons. The molecule has 2 aromatic rings. The summed E-state index contributed by atoms with van der Waals surface area (Å²) >= 11 is 3.32. The Balaban J connectivity index is 1.82. The monoisotopic (exact) mass is 385 g/mol. The zero-order valence-corrected chi connectivity index (χ0v) is 14.5. The van der Waals surface area contributed by atoms with E-state index in [0.29, 0.717) is 11.1 Å². The Labute approximate surface area is 148 Å². The fraction of sp³-hybridized carbons (Fsp3) is 0.158. The number of rotatable bonds is 4. The highest BCUT2D eigenvalue weighted by molar-refractivity contribution is 9.10. The van der Waals surface area contributed by atoms with Gasteiger partial charge in [0.15, 0.2) is 0 Å². The Kier molecular flexibility index (Phi) is 4.81. The molecule has 1 aliphatic rings. The van der Waals surface area contributed by atoms with E-state index in [0.717, 1.165) is 28.4 Å². The fourth-order valence-electron chi connectivity index (χ4n) is 2.66. The summed E-state index contributed by atoms with van der Waals surface area (Å²) in [6.07, 6.45) is 4.88. The molecule has 1 amide bonds. The molecule has 2 N–H and O–H groups in total. The van der Waals surface area contributed by atoms with E-state index in [1.807, 2.05) is 18.2 Å². The van der Waals surface area contributed by atoms with Crippen LogP contribution in [-0.4, -0.2) is 11.9 Å². The van der Waals surface area contributed by atoms with Crippen molar-refractivity contribution in [3.8, 4) is 0 Å². The lowest BCUT2D eigenvalue weighted by atomic mass is 9.95. The van der Waals surface area contributed by atoms with E-state index in [1.165, 1.54) is 0 Å². The summed E-state index contributed by atoms with van der Waals surface area (Å²) < 4.78 is 6.23. The molecular weight excluding hydrogens is 370 g/mol. The van der Waals surface area contributed by atoms with Crippen LogP contribution in [-0.2, 0) is 16.0 Å². The molecule has 0 radical (unpaired) electrons. The molecule has 2 aromatic carbocycles. The van der Waals surface area contributed by atoms with E-state index in [9.17, 15) is 9.59 Å². The van der Waals surface area contributed by atoms with Gasteiger partial charge in [-0.3, -0.25) is 4.79 Å². The standard InChI is InChI=1S/C19H16BrNO3/c20-16-9-7-13(8-10-16)17(18(21)22)24-19(23)15-6-5-12-3-1-2-4-14(12)11-15/h1,3,5-11,17H,2,4H2,(H2,21,22). The number of carbonyl (C=O) groups excluding carboxylic acids is 2.